The third kappa shape index (κ3) is 5.05. The molecule has 0 saturated carbocycles. The first-order chi connectivity index (χ1) is 11.8. The molecule has 1 atom stereocenters. The molecule has 1 heterocycles. The summed E-state index contributed by atoms with van der Waals surface area (Å²) in [5.41, 5.74) is 3.33. The molecule has 4 nitrogen and oxygen atoms in total. The van der Waals surface area contributed by atoms with E-state index < -0.39 is 0 Å². The number of hydrogen-bond donors (Lipinski definition) is 1. The molecule has 136 valence electrons. The van der Waals surface area contributed by atoms with Crippen molar-refractivity contribution in [1.29, 1.82) is 0 Å². The normalized spacial score (nSPS) is 12.6. The molecule has 0 bridgehead atoms. The fourth-order valence-corrected chi connectivity index (χ4v) is 3.62. The highest BCUT2D eigenvalue weighted by Crippen LogP contribution is 2.24. The minimum absolute atomic E-state index is 0.00464. The minimum atomic E-state index is -0.0239. The number of nitrogens with one attached hydrogen (secondary N) is 1. The van der Waals surface area contributed by atoms with Crippen molar-refractivity contribution < 1.29 is 4.79 Å². The number of benzene rings is 1. The van der Waals surface area contributed by atoms with Gasteiger partial charge in [-0.1, -0.05) is 63.3 Å². The SMILES string of the molecule is Cc1csc(=O)n1CCC(=O)NC(c1ccc(C(C)C)cc1)C(C)C. The van der Waals surface area contributed by atoms with Crippen molar-refractivity contribution in [3.63, 3.8) is 0 Å². The third-order valence-corrected chi connectivity index (χ3v) is 5.37. The summed E-state index contributed by atoms with van der Waals surface area (Å²) >= 11 is 1.18. The first-order valence-corrected chi connectivity index (χ1v) is 9.71. The molecule has 1 N–H and O–H groups in total. The predicted octanol–water partition coefficient (Wildman–Crippen LogP) is 4.25. The van der Waals surface area contributed by atoms with E-state index in [9.17, 15) is 9.59 Å². The highest BCUT2D eigenvalue weighted by atomic mass is 32.1. The topological polar surface area (TPSA) is 51.1 Å². The summed E-state index contributed by atoms with van der Waals surface area (Å²) in [6, 6.07) is 8.46. The molecule has 0 saturated heterocycles. The molecule has 5 heteroatoms. The van der Waals surface area contributed by atoms with Crippen LogP contribution in [0, 0.1) is 12.8 Å². The largest absolute Gasteiger partial charge is 0.349 e. The van der Waals surface area contributed by atoms with Gasteiger partial charge in [-0.3, -0.25) is 9.59 Å². The summed E-state index contributed by atoms with van der Waals surface area (Å²) in [7, 11) is 0. The molecule has 25 heavy (non-hydrogen) atoms. The van der Waals surface area contributed by atoms with Crippen LogP contribution in [0.4, 0.5) is 0 Å². The van der Waals surface area contributed by atoms with Crippen molar-refractivity contribution in [2.75, 3.05) is 0 Å². The van der Waals surface area contributed by atoms with E-state index in [4.69, 9.17) is 0 Å². The molecule has 0 aliphatic heterocycles. The van der Waals surface area contributed by atoms with E-state index in [1.165, 1.54) is 16.9 Å². The van der Waals surface area contributed by atoms with E-state index in [1.54, 1.807) is 4.57 Å². The van der Waals surface area contributed by atoms with Crippen LogP contribution in [0.1, 0.15) is 62.9 Å². The molecule has 0 radical (unpaired) electrons. The number of carbonyl (C=O) groups is 1. The van der Waals surface area contributed by atoms with Gasteiger partial charge in [0.25, 0.3) is 0 Å². The summed E-state index contributed by atoms with van der Waals surface area (Å²) in [6.45, 7) is 10.9. The van der Waals surface area contributed by atoms with Crippen LogP contribution in [0.5, 0.6) is 0 Å². The summed E-state index contributed by atoms with van der Waals surface area (Å²) in [5.74, 6) is 0.761. The van der Waals surface area contributed by atoms with Gasteiger partial charge in [0.15, 0.2) is 0 Å². The van der Waals surface area contributed by atoms with E-state index >= 15 is 0 Å². The molecule has 0 aliphatic rings. The molecule has 0 spiro atoms. The Labute approximate surface area is 153 Å². The Morgan fingerprint density at radius 3 is 2.20 bits per heavy atom. The molecule has 1 aromatic heterocycles. The Bertz CT molecular complexity index is 757. The Hall–Kier alpha value is -1.88. The molecular formula is C20H28N2O2S. The van der Waals surface area contributed by atoms with Crippen molar-refractivity contribution in [1.82, 2.24) is 9.88 Å². The lowest BCUT2D eigenvalue weighted by atomic mass is 9.93. The Balaban J connectivity index is 2.03. The molecular weight excluding hydrogens is 332 g/mol. The van der Waals surface area contributed by atoms with E-state index in [-0.39, 0.29) is 16.8 Å². The molecule has 1 aromatic carbocycles. The van der Waals surface area contributed by atoms with Gasteiger partial charge in [-0.15, -0.1) is 0 Å². The second-order valence-electron chi connectivity index (χ2n) is 7.16. The van der Waals surface area contributed by atoms with Gasteiger partial charge in [-0.2, -0.15) is 0 Å². The van der Waals surface area contributed by atoms with Gasteiger partial charge in [0, 0.05) is 24.0 Å². The maximum atomic E-state index is 12.4. The van der Waals surface area contributed by atoms with Gasteiger partial charge >= 0.3 is 4.87 Å². The molecule has 1 amide bonds. The average Bonchev–Trinajstić information content (AvgIpc) is 2.89. The zero-order valence-electron chi connectivity index (χ0n) is 15.7. The smallest absolute Gasteiger partial charge is 0.307 e. The van der Waals surface area contributed by atoms with Gasteiger partial charge in [0.05, 0.1) is 6.04 Å². The lowest BCUT2D eigenvalue weighted by Gasteiger charge is -2.23. The second-order valence-corrected chi connectivity index (χ2v) is 7.98. The molecule has 0 fully saturated rings. The maximum absolute atomic E-state index is 12.4. The molecule has 2 aromatic rings. The van der Waals surface area contributed by atoms with Crippen molar-refractivity contribution >= 4 is 17.2 Å². The van der Waals surface area contributed by atoms with Gasteiger partial charge in [-0.25, -0.2) is 0 Å². The number of thiazole rings is 1. The van der Waals surface area contributed by atoms with Crippen molar-refractivity contribution in [2.45, 2.75) is 59.5 Å². The predicted molar refractivity (Wildman–Crippen MR) is 104 cm³/mol. The van der Waals surface area contributed by atoms with E-state index in [1.807, 2.05) is 12.3 Å². The highest BCUT2D eigenvalue weighted by Gasteiger charge is 2.18. The number of hydrogen-bond acceptors (Lipinski definition) is 3. The average molecular weight is 361 g/mol. The fourth-order valence-electron chi connectivity index (χ4n) is 2.86. The Morgan fingerprint density at radius 1 is 1.12 bits per heavy atom. The summed E-state index contributed by atoms with van der Waals surface area (Å²) < 4.78 is 1.66. The van der Waals surface area contributed by atoms with Crippen molar-refractivity contribution in [3.8, 4) is 0 Å². The van der Waals surface area contributed by atoms with Gasteiger partial charge < -0.3 is 9.88 Å². The van der Waals surface area contributed by atoms with Crippen LogP contribution in [0.15, 0.2) is 34.4 Å². The van der Waals surface area contributed by atoms with Gasteiger partial charge in [-0.05, 0) is 29.9 Å². The second kappa shape index (κ2) is 8.48. The summed E-state index contributed by atoms with van der Waals surface area (Å²) in [4.78, 5) is 24.1. The zero-order chi connectivity index (χ0) is 18.6. The summed E-state index contributed by atoms with van der Waals surface area (Å²) in [5, 5.41) is 4.96. The summed E-state index contributed by atoms with van der Waals surface area (Å²) in [6.07, 6.45) is 0.310. The van der Waals surface area contributed by atoms with Crippen molar-refractivity contribution in [3.05, 3.63) is 56.1 Å². The number of carbonyl (C=O) groups excluding carboxylic acids is 1. The van der Waals surface area contributed by atoms with E-state index in [0.29, 0.717) is 24.8 Å². The number of nitrogens with zero attached hydrogens (tertiary/aromatic N) is 1. The van der Waals surface area contributed by atoms with Crippen LogP contribution >= 0.6 is 11.3 Å². The Kier molecular flexibility index (Phi) is 6.59. The number of rotatable bonds is 7. The van der Waals surface area contributed by atoms with Crippen LogP contribution in [-0.2, 0) is 11.3 Å². The monoisotopic (exact) mass is 360 g/mol. The van der Waals surface area contributed by atoms with Gasteiger partial charge in [0.1, 0.15) is 0 Å². The Morgan fingerprint density at radius 2 is 1.72 bits per heavy atom. The standard InChI is InChI=1S/C20H28N2O2S/c1-13(2)16-6-8-17(9-7-16)19(14(3)4)21-18(23)10-11-22-15(5)12-25-20(22)24/h6-9,12-14,19H,10-11H2,1-5H3,(H,21,23). The lowest BCUT2D eigenvalue weighted by Crippen LogP contribution is -2.33. The quantitative estimate of drug-likeness (QED) is 0.803. The third-order valence-electron chi connectivity index (χ3n) is 4.48. The van der Waals surface area contributed by atoms with Crippen LogP contribution in [0.25, 0.3) is 0 Å². The zero-order valence-corrected chi connectivity index (χ0v) is 16.5. The highest BCUT2D eigenvalue weighted by molar-refractivity contribution is 7.07. The number of aryl methyl sites for hydroxylation is 1. The van der Waals surface area contributed by atoms with Crippen LogP contribution < -0.4 is 10.2 Å². The first-order valence-electron chi connectivity index (χ1n) is 8.83. The maximum Gasteiger partial charge on any atom is 0.307 e. The fraction of sp³-hybridized carbons (Fsp3) is 0.500. The van der Waals surface area contributed by atoms with E-state index in [2.05, 4.69) is 57.3 Å². The lowest BCUT2D eigenvalue weighted by molar-refractivity contribution is -0.122. The van der Waals surface area contributed by atoms with Crippen molar-refractivity contribution in [2.24, 2.45) is 5.92 Å². The molecule has 0 aliphatic carbocycles. The number of aromatic nitrogens is 1. The minimum Gasteiger partial charge on any atom is -0.349 e. The molecule has 2 rings (SSSR count). The van der Waals surface area contributed by atoms with Crippen LogP contribution in [0.3, 0.4) is 0 Å². The molecule has 1 unspecified atom stereocenters. The van der Waals surface area contributed by atoms with E-state index in [0.717, 1.165) is 11.3 Å². The van der Waals surface area contributed by atoms with Crippen LogP contribution in [-0.4, -0.2) is 10.5 Å². The van der Waals surface area contributed by atoms with Gasteiger partial charge in [0.2, 0.25) is 5.91 Å². The first kappa shape index (κ1) is 19.4. The number of amides is 1. The van der Waals surface area contributed by atoms with Crippen LogP contribution in [0.2, 0.25) is 0 Å².